The number of carbonyl (C=O) groups excluding carboxylic acids is 1. The van der Waals surface area contributed by atoms with Crippen molar-refractivity contribution in [2.45, 2.75) is 25.7 Å². The quantitative estimate of drug-likeness (QED) is 0.876. The van der Waals surface area contributed by atoms with Gasteiger partial charge in [-0.05, 0) is 38.0 Å². The summed E-state index contributed by atoms with van der Waals surface area (Å²) >= 11 is 0. The standard InChI is InChI=1S/C19H24N4O2/c1-2-25-14-18(24)23-12-6-7-15(13-23)17-10-11-20-19(22-17)21-16-8-4-3-5-9-16/h3-5,8-11,15H,2,6-7,12-14H2,1H3,(H,20,21,22). The lowest BCUT2D eigenvalue weighted by Gasteiger charge is -2.32. The summed E-state index contributed by atoms with van der Waals surface area (Å²) in [4.78, 5) is 23.0. The number of benzene rings is 1. The number of hydrogen-bond donors (Lipinski definition) is 1. The smallest absolute Gasteiger partial charge is 0.248 e. The van der Waals surface area contributed by atoms with Crippen LogP contribution in [0.1, 0.15) is 31.4 Å². The van der Waals surface area contributed by atoms with Gasteiger partial charge in [0.25, 0.3) is 0 Å². The van der Waals surface area contributed by atoms with E-state index in [0.717, 1.165) is 30.8 Å². The Hall–Kier alpha value is -2.47. The van der Waals surface area contributed by atoms with Crippen LogP contribution in [0, 0.1) is 0 Å². The molecule has 6 nitrogen and oxygen atoms in total. The molecule has 0 aliphatic carbocycles. The van der Waals surface area contributed by atoms with Gasteiger partial charge in [0.1, 0.15) is 6.61 Å². The van der Waals surface area contributed by atoms with Gasteiger partial charge in [0.05, 0.1) is 5.69 Å². The van der Waals surface area contributed by atoms with Gasteiger partial charge in [0.2, 0.25) is 11.9 Å². The van der Waals surface area contributed by atoms with E-state index in [1.165, 1.54) is 0 Å². The molecule has 1 fully saturated rings. The van der Waals surface area contributed by atoms with Crippen LogP contribution in [0.4, 0.5) is 11.6 Å². The zero-order chi connectivity index (χ0) is 17.5. The van der Waals surface area contributed by atoms with Gasteiger partial charge in [-0.25, -0.2) is 9.97 Å². The number of para-hydroxylation sites is 1. The van der Waals surface area contributed by atoms with Crippen LogP contribution >= 0.6 is 0 Å². The molecular formula is C19H24N4O2. The highest BCUT2D eigenvalue weighted by Gasteiger charge is 2.25. The fourth-order valence-electron chi connectivity index (χ4n) is 3.04. The second kappa shape index (κ2) is 8.58. The van der Waals surface area contributed by atoms with Crippen LogP contribution in [0.2, 0.25) is 0 Å². The van der Waals surface area contributed by atoms with Crippen molar-refractivity contribution in [1.82, 2.24) is 14.9 Å². The molecule has 1 N–H and O–H groups in total. The van der Waals surface area contributed by atoms with Gasteiger partial charge in [-0.15, -0.1) is 0 Å². The third kappa shape index (κ3) is 4.76. The van der Waals surface area contributed by atoms with E-state index in [1.807, 2.05) is 48.2 Å². The number of likely N-dealkylation sites (tertiary alicyclic amines) is 1. The van der Waals surface area contributed by atoms with Crippen LogP contribution in [-0.4, -0.2) is 47.1 Å². The molecule has 0 saturated carbocycles. The van der Waals surface area contributed by atoms with Crippen molar-refractivity contribution >= 4 is 17.5 Å². The molecule has 25 heavy (non-hydrogen) atoms. The number of anilines is 2. The van der Waals surface area contributed by atoms with Crippen molar-refractivity contribution < 1.29 is 9.53 Å². The molecule has 132 valence electrons. The number of carbonyl (C=O) groups is 1. The number of nitrogens with one attached hydrogen (secondary N) is 1. The Bertz CT molecular complexity index is 693. The second-order valence-corrected chi connectivity index (χ2v) is 6.11. The van der Waals surface area contributed by atoms with Crippen molar-refractivity contribution in [2.75, 3.05) is 31.6 Å². The van der Waals surface area contributed by atoms with Crippen molar-refractivity contribution in [3.8, 4) is 0 Å². The first-order valence-corrected chi connectivity index (χ1v) is 8.77. The topological polar surface area (TPSA) is 67.3 Å². The minimum absolute atomic E-state index is 0.0586. The lowest BCUT2D eigenvalue weighted by atomic mass is 9.94. The SMILES string of the molecule is CCOCC(=O)N1CCCC(c2ccnc(Nc3ccccc3)n2)C1. The Kier molecular flexibility index (Phi) is 5.95. The molecule has 1 unspecified atom stereocenters. The summed E-state index contributed by atoms with van der Waals surface area (Å²) in [6.45, 7) is 4.10. The molecule has 0 bridgehead atoms. The van der Waals surface area contributed by atoms with Gasteiger partial charge in [-0.1, -0.05) is 18.2 Å². The van der Waals surface area contributed by atoms with E-state index in [2.05, 4.69) is 15.3 Å². The van der Waals surface area contributed by atoms with Gasteiger partial charge in [0.15, 0.2) is 0 Å². The summed E-state index contributed by atoms with van der Waals surface area (Å²) in [7, 11) is 0. The average molecular weight is 340 g/mol. The Morgan fingerprint density at radius 1 is 1.32 bits per heavy atom. The molecule has 3 rings (SSSR count). The largest absolute Gasteiger partial charge is 0.372 e. The van der Waals surface area contributed by atoms with Gasteiger partial charge < -0.3 is 15.0 Å². The molecule has 1 aromatic carbocycles. The first kappa shape index (κ1) is 17.4. The molecule has 1 amide bonds. The predicted molar refractivity (Wildman–Crippen MR) is 96.8 cm³/mol. The maximum absolute atomic E-state index is 12.2. The molecule has 2 aromatic rings. The predicted octanol–water partition coefficient (Wildman–Crippen LogP) is 2.96. The van der Waals surface area contributed by atoms with Crippen LogP contribution in [-0.2, 0) is 9.53 Å². The highest BCUT2D eigenvalue weighted by atomic mass is 16.5. The maximum Gasteiger partial charge on any atom is 0.248 e. The third-order valence-electron chi connectivity index (χ3n) is 4.33. The molecule has 1 aliphatic rings. The number of ether oxygens (including phenoxy) is 1. The summed E-state index contributed by atoms with van der Waals surface area (Å²) in [6.07, 6.45) is 3.78. The van der Waals surface area contributed by atoms with Crippen LogP contribution < -0.4 is 5.32 Å². The first-order chi connectivity index (χ1) is 12.3. The lowest BCUT2D eigenvalue weighted by Crippen LogP contribution is -2.41. The fraction of sp³-hybridized carbons (Fsp3) is 0.421. The summed E-state index contributed by atoms with van der Waals surface area (Å²) in [5, 5.41) is 3.22. The van der Waals surface area contributed by atoms with Crippen LogP contribution in [0.25, 0.3) is 0 Å². The zero-order valence-electron chi connectivity index (χ0n) is 14.5. The van der Waals surface area contributed by atoms with E-state index in [1.54, 1.807) is 6.20 Å². The lowest BCUT2D eigenvalue weighted by molar-refractivity contribution is -0.137. The second-order valence-electron chi connectivity index (χ2n) is 6.11. The van der Waals surface area contributed by atoms with Crippen LogP contribution in [0.15, 0.2) is 42.6 Å². The van der Waals surface area contributed by atoms with Crippen molar-refractivity contribution in [1.29, 1.82) is 0 Å². The molecule has 1 aliphatic heterocycles. The van der Waals surface area contributed by atoms with E-state index in [4.69, 9.17) is 4.74 Å². The van der Waals surface area contributed by atoms with Crippen molar-refractivity contribution in [3.05, 3.63) is 48.3 Å². The summed E-state index contributed by atoms with van der Waals surface area (Å²) in [6, 6.07) is 11.8. The molecule has 1 saturated heterocycles. The number of amides is 1. The Morgan fingerprint density at radius 3 is 2.96 bits per heavy atom. The minimum atomic E-state index is 0.0586. The van der Waals surface area contributed by atoms with E-state index < -0.39 is 0 Å². The minimum Gasteiger partial charge on any atom is -0.372 e. The van der Waals surface area contributed by atoms with E-state index >= 15 is 0 Å². The first-order valence-electron chi connectivity index (χ1n) is 8.77. The molecule has 1 aromatic heterocycles. The fourth-order valence-corrected chi connectivity index (χ4v) is 3.04. The van der Waals surface area contributed by atoms with E-state index in [9.17, 15) is 4.79 Å². The number of piperidine rings is 1. The Labute approximate surface area is 148 Å². The Balaban J connectivity index is 1.66. The number of nitrogens with zero attached hydrogens (tertiary/aromatic N) is 3. The van der Waals surface area contributed by atoms with E-state index in [0.29, 0.717) is 19.1 Å². The van der Waals surface area contributed by atoms with E-state index in [-0.39, 0.29) is 18.4 Å². The molecule has 6 heteroatoms. The molecule has 0 spiro atoms. The van der Waals surface area contributed by atoms with Gasteiger partial charge in [-0.2, -0.15) is 0 Å². The summed E-state index contributed by atoms with van der Waals surface area (Å²) in [5.41, 5.74) is 1.93. The number of rotatable bonds is 6. The molecule has 2 heterocycles. The van der Waals surface area contributed by atoms with Crippen molar-refractivity contribution in [2.24, 2.45) is 0 Å². The summed E-state index contributed by atoms with van der Waals surface area (Å²) < 4.78 is 5.25. The summed E-state index contributed by atoms with van der Waals surface area (Å²) in [5.74, 6) is 0.878. The molecular weight excluding hydrogens is 316 g/mol. The zero-order valence-corrected chi connectivity index (χ0v) is 14.5. The Morgan fingerprint density at radius 2 is 2.16 bits per heavy atom. The van der Waals surface area contributed by atoms with Gasteiger partial charge in [-0.3, -0.25) is 4.79 Å². The van der Waals surface area contributed by atoms with Gasteiger partial charge in [0, 0.05) is 37.5 Å². The molecule has 1 atom stereocenters. The van der Waals surface area contributed by atoms with Gasteiger partial charge >= 0.3 is 0 Å². The molecule has 0 radical (unpaired) electrons. The average Bonchev–Trinajstić information content (AvgIpc) is 2.67. The monoisotopic (exact) mass is 340 g/mol. The van der Waals surface area contributed by atoms with Crippen molar-refractivity contribution in [3.63, 3.8) is 0 Å². The highest BCUT2D eigenvalue weighted by molar-refractivity contribution is 5.77. The third-order valence-corrected chi connectivity index (χ3v) is 4.33. The number of hydrogen-bond acceptors (Lipinski definition) is 5. The normalized spacial score (nSPS) is 17.3. The van der Waals surface area contributed by atoms with Crippen LogP contribution in [0.3, 0.4) is 0 Å². The van der Waals surface area contributed by atoms with Crippen LogP contribution in [0.5, 0.6) is 0 Å². The number of aromatic nitrogens is 2. The maximum atomic E-state index is 12.2. The highest BCUT2D eigenvalue weighted by Crippen LogP contribution is 2.26.